The molecule has 1 atom stereocenters. The normalized spacial score (nSPS) is 12.1. The summed E-state index contributed by atoms with van der Waals surface area (Å²) < 4.78 is 1.10. The Kier molecular flexibility index (Phi) is 3.28. The molecule has 0 spiro atoms. The molecule has 0 radical (unpaired) electrons. The van der Waals surface area contributed by atoms with Crippen LogP contribution in [0.2, 0.25) is 0 Å². The average molecular weight is 261 g/mol. The van der Waals surface area contributed by atoms with Gasteiger partial charge in [-0.3, -0.25) is 0 Å². The second-order valence-electron chi connectivity index (χ2n) is 3.92. The third kappa shape index (κ3) is 2.30. The number of rotatable bonds is 4. The van der Waals surface area contributed by atoms with Crippen molar-refractivity contribution in [1.29, 1.82) is 0 Å². The summed E-state index contributed by atoms with van der Waals surface area (Å²) in [6, 6.07) is 7.58. The maximum Gasteiger partial charge on any atom is 0.358 e. The van der Waals surface area contributed by atoms with Crippen LogP contribution in [0.5, 0.6) is 0 Å². The van der Waals surface area contributed by atoms with Crippen LogP contribution in [0.4, 0.5) is 0 Å². The van der Waals surface area contributed by atoms with E-state index in [1.807, 2.05) is 0 Å². The first-order chi connectivity index (χ1) is 9.02. The Morgan fingerprint density at radius 1 is 1.21 bits per heavy atom. The second kappa shape index (κ2) is 4.89. The summed E-state index contributed by atoms with van der Waals surface area (Å²) >= 11 is 0. The number of aromatic nitrogens is 3. The van der Waals surface area contributed by atoms with E-state index in [0.29, 0.717) is 5.56 Å². The van der Waals surface area contributed by atoms with Gasteiger partial charge in [0, 0.05) is 5.56 Å². The fraction of sp³-hybridized carbons (Fsp3) is 0.167. The minimum absolute atomic E-state index is 0.183. The van der Waals surface area contributed by atoms with Crippen molar-refractivity contribution >= 4 is 11.9 Å². The molecule has 98 valence electrons. The van der Waals surface area contributed by atoms with Crippen molar-refractivity contribution in [3.8, 4) is 11.3 Å². The average Bonchev–Trinajstić information content (AvgIpc) is 2.83. The molecule has 19 heavy (non-hydrogen) atoms. The van der Waals surface area contributed by atoms with E-state index >= 15 is 0 Å². The van der Waals surface area contributed by atoms with E-state index in [4.69, 9.17) is 10.2 Å². The molecule has 1 aromatic carbocycles. The highest BCUT2D eigenvalue weighted by atomic mass is 16.4. The predicted molar refractivity (Wildman–Crippen MR) is 64.8 cm³/mol. The molecule has 0 fully saturated rings. The highest BCUT2D eigenvalue weighted by molar-refractivity contribution is 5.93. The smallest absolute Gasteiger partial charge is 0.358 e. The molecule has 0 aliphatic rings. The zero-order chi connectivity index (χ0) is 14.0. The molecule has 0 saturated heterocycles. The van der Waals surface area contributed by atoms with Crippen molar-refractivity contribution in [3.05, 3.63) is 36.0 Å². The van der Waals surface area contributed by atoms with Crippen LogP contribution in [0.15, 0.2) is 30.3 Å². The van der Waals surface area contributed by atoms with Crippen LogP contribution in [-0.4, -0.2) is 37.1 Å². The van der Waals surface area contributed by atoms with E-state index in [1.54, 1.807) is 30.3 Å². The number of aromatic carboxylic acids is 1. The fourth-order valence-electron chi connectivity index (χ4n) is 1.68. The Morgan fingerprint density at radius 3 is 2.37 bits per heavy atom. The lowest BCUT2D eigenvalue weighted by Gasteiger charge is -2.10. The number of benzene rings is 1. The minimum atomic E-state index is -1.25. The molecular weight excluding hydrogens is 250 g/mol. The van der Waals surface area contributed by atoms with Gasteiger partial charge in [0.2, 0.25) is 0 Å². The Bertz CT molecular complexity index is 621. The number of nitrogens with zero attached hydrogens (tertiary/aromatic N) is 3. The zero-order valence-corrected chi connectivity index (χ0v) is 10.0. The first-order valence-corrected chi connectivity index (χ1v) is 5.49. The summed E-state index contributed by atoms with van der Waals surface area (Å²) in [5, 5.41) is 25.3. The van der Waals surface area contributed by atoms with Crippen molar-refractivity contribution in [2.45, 2.75) is 13.0 Å². The Balaban J connectivity index is 2.64. The first kappa shape index (κ1) is 12.7. The van der Waals surface area contributed by atoms with E-state index in [1.165, 1.54) is 6.92 Å². The molecule has 7 nitrogen and oxygen atoms in total. The van der Waals surface area contributed by atoms with Gasteiger partial charge in [0.1, 0.15) is 11.7 Å². The lowest BCUT2D eigenvalue weighted by molar-refractivity contribution is -0.140. The summed E-state index contributed by atoms with van der Waals surface area (Å²) in [6.45, 7) is 1.41. The van der Waals surface area contributed by atoms with Gasteiger partial charge in [0.15, 0.2) is 5.69 Å². The quantitative estimate of drug-likeness (QED) is 0.859. The molecule has 7 heteroatoms. The van der Waals surface area contributed by atoms with Crippen LogP contribution in [-0.2, 0) is 4.79 Å². The van der Waals surface area contributed by atoms with Gasteiger partial charge in [0.05, 0.1) is 0 Å². The maximum absolute atomic E-state index is 11.1. The fourth-order valence-corrected chi connectivity index (χ4v) is 1.68. The standard InChI is InChI=1S/C12H11N3O4/c1-7(11(16)17)15-10(8-5-3-2-4-6-8)9(12(18)19)13-14-15/h2-7H,1H3,(H,16,17)(H,18,19). The van der Waals surface area contributed by atoms with E-state index in [2.05, 4.69) is 10.3 Å². The Morgan fingerprint density at radius 2 is 1.84 bits per heavy atom. The van der Waals surface area contributed by atoms with Crippen LogP contribution >= 0.6 is 0 Å². The Hall–Kier alpha value is -2.70. The number of hydrogen-bond donors (Lipinski definition) is 2. The van der Waals surface area contributed by atoms with Gasteiger partial charge in [-0.2, -0.15) is 0 Å². The van der Waals surface area contributed by atoms with Crippen molar-refractivity contribution in [2.75, 3.05) is 0 Å². The molecule has 0 saturated carbocycles. The molecule has 2 aromatic rings. The van der Waals surface area contributed by atoms with Gasteiger partial charge in [0.25, 0.3) is 0 Å². The third-order valence-electron chi connectivity index (χ3n) is 2.67. The lowest BCUT2D eigenvalue weighted by atomic mass is 10.1. The predicted octanol–water partition coefficient (Wildman–Crippen LogP) is 1.29. The molecule has 0 aliphatic carbocycles. The largest absolute Gasteiger partial charge is 0.480 e. The monoisotopic (exact) mass is 261 g/mol. The maximum atomic E-state index is 11.1. The van der Waals surface area contributed by atoms with Gasteiger partial charge >= 0.3 is 11.9 Å². The van der Waals surface area contributed by atoms with Crippen molar-refractivity contribution in [3.63, 3.8) is 0 Å². The molecule has 1 aromatic heterocycles. The van der Waals surface area contributed by atoms with Crippen LogP contribution in [0.3, 0.4) is 0 Å². The highest BCUT2D eigenvalue weighted by Crippen LogP contribution is 2.25. The molecule has 0 aliphatic heterocycles. The second-order valence-corrected chi connectivity index (χ2v) is 3.92. The van der Waals surface area contributed by atoms with Crippen LogP contribution < -0.4 is 0 Å². The molecule has 2 N–H and O–H groups in total. The summed E-state index contributed by atoms with van der Waals surface area (Å²) in [6.07, 6.45) is 0. The molecule has 1 heterocycles. The summed E-state index contributed by atoms with van der Waals surface area (Å²) in [4.78, 5) is 22.2. The van der Waals surface area contributed by atoms with Gasteiger partial charge in [-0.15, -0.1) is 5.10 Å². The summed E-state index contributed by atoms with van der Waals surface area (Å²) in [5.74, 6) is -2.36. The zero-order valence-electron chi connectivity index (χ0n) is 10.0. The van der Waals surface area contributed by atoms with Gasteiger partial charge in [-0.25, -0.2) is 14.3 Å². The van der Waals surface area contributed by atoms with E-state index < -0.39 is 18.0 Å². The molecule has 0 bridgehead atoms. The lowest BCUT2D eigenvalue weighted by Crippen LogP contribution is -2.18. The molecular formula is C12H11N3O4. The summed E-state index contributed by atoms with van der Waals surface area (Å²) in [5.41, 5.74) is 0.473. The molecule has 0 amide bonds. The number of carbonyl (C=O) groups is 2. The number of carboxylic acids is 2. The van der Waals surface area contributed by atoms with E-state index in [0.717, 1.165) is 4.68 Å². The van der Waals surface area contributed by atoms with Gasteiger partial charge in [-0.1, -0.05) is 35.5 Å². The number of carboxylic acid groups (broad SMARTS) is 2. The molecule has 2 rings (SSSR count). The molecule has 1 unspecified atom stereocenters. The van der Waals surface area contributed by atoms with E-state index in [9.17, 15) is 9.59 Å². The minimum Gasteiger partial charge on any atom is -0.480 e. The highest BCUT2D eigenvalue weighted by Gasteiger charge is 2.25. The van der Waals surface area contributed by atoms with E-state index in [-0.39, 0.29) is 11.4 Å². The number of aliphatic carboxylic acids is 1. The van der Waals surface area contributed by atoms with Gasteiger partial charge in [-0.05, 0) is 6.92 Å². The van der Waals surface area contributed by atoms with Crippen LogP contribution in [0.1, 0.15) is 23.5 Å². The van der Waals surface area contributed by atoms with Crippen LogP contribution in [0.25, 0.3) is 11.3 Å². The van der Waals surface area contributed by atoms with Crippen molar-refractivity contribution < 1.29 is 19.8 Å². The van der Waals surface area contributed by atoms with Crippen molar-refractivity contribution in [1.82, 2.24) is 15.0 Å². The first-order valence-electron chi connectivity index (χ1n) is 5.49. The van der Waals surface area contributed by atoms with Crippen molar-refractivity contribution in [2.24, 2.45) is 0 Å². The Labute approximate surface area is 108 Å². The summed E-state index contributed by atoms with van der Waals surface area (Å²) in [7, 11) is 0. The number of hydrogen-bond acceptors (Lipinski definition) is 4. The SMILES string of the molecule is CC(C(=O)O)n1nnc(C(=O)O)c1-c1ccccc1. The third-order valence-corrected chi connectivity index (χ3v) is 2.67. The topological polar surface area (TPSA) is 105 Å². The van der Waals surface area contributed by atoms with Gasteiger partial charge < -0.3 is 10.2 Å². The van der Waals surface area contributed by atoms with Crippen LogP contribution in [0, 0.1) is 0 Å².